The van der Waals surface area contributed by atoms with Gasteiger partial charge in [-0.15, -0.1) is 0 Å². The molecule has 88 valence electrons. The van der Waals surface area contributed by atoms with Crippen LogP contribution in [-0.4, -0.2) is 24.8 Å². The van der Waals surface area contributed by atoms with Crippen LogP contribution in [0.1, 0.15) is 25.1 Å². The van der Waals surface area contributed by atoms with E-state index < -0.39 is 0 Å². The van der Waals surface area contributed by atoms with Crippen LogP contribution in [0.25, 0.3) is 0 Å². The Hall–Kier alpha value is -1.13. The van der Waals surface area contributed by atoms with Gasteiger partial charge in [0, 0.05) is 12.8 Å². The number of hydrogen-bond acceptors (Lipinski definition) is 4. The molecule has 0 aromatic carbocycles. The smallest absolute Gasteiger partial charge is 0.142 e. The van der Waals surface area contributed by atoms with Gasteiger partial charge in [0.2, 0.25) is 0 Å². The summed E-state index contributed by atoms with van der Waals surface area (Å²) < 4.78 is 10.9. The van der Waals surface area contributed by atoms with Gasteiger partial charge in [-0.05, 0) is 24.5 Å². The van der Waals surface area contributed by atoms with Crippen LogP contribution in [0, 0.1) is 5.92 Å². The molecule has 2 N–H and O–H groups in total. The summed E-state index contributed by atoms with van der Waals surface area (Å²) in [7, 11) is 1.63. The zero-order valence-electron chi connectivity index (χ0n) is 9.72. The fraction of sp³-hybridized carbons (Fsp3) is 0.583. The minimum atomic E-state index is -0.214. The topological polar surface area (TPSA) is 57.4 Å². The predicted molar refractivity (Wildman–Crippen MR) is 61.2 cm³/mol. The van der Waals surface area contributed by atoms with Gasteiger partial charge >= 0.3 is 0 Å². The maximum Gasteiger partial charge on any atom is 0.142 e. The highest BCUT2D eigenvalue weighted by atomic mass is 16.5. The summed E-state index contributed by atoms with van der Waals surface area (Å²) >= 11 is 0. The molecule has 1 aromatic heterocycles. The van der Waals surface area contributed by atoms with Gasteiger partial charge < -0.3 is 15.2 Å². The minimum Gasteiger partial charge on any atom is -0.495 e. The summed E-state index contributed by atoms with van der Waals surface area (Å²) in [6, 6.07) is 3.50. The van der Waals surface area contributed by atoms with E-state index in [1.54, 1.807) is 13.3 Å². The third-order valence-electron chi connectivity index (χ3n) is 3.13. The minimum absolute atomic E-state index is 0.0452. The molecule has 0 radical (unpaired) electrons. The molecule has 3 atom stereocenters. The molecule has 1 saturated heterocycles. The summed E-state index contributed by atoms with van der Waals surface area (Å²) in [5, 5.41) is 0. The highest BCUT2D eigenvalue weighted by molar-refractivity contribution is 5.30. The Labute approximate surface area is 95.8 Å². The molecule has 4 nitrogen and oxygen atoms in total. The van der Waals surface area contributed by atoms with Crippen molar-refractivity contribution in [2.75, 3.05) is 13.7 Å². The number of aromatic nitrogens is 1. The quantitative estimate of drug-likeness (QED) is 0.842. The van der Waals surface area contributed by atoms with Crippen LogP contribution in [0.4, 0.5) is 0 Å². The number of ether oxygens (including phenoxy) is 2. The summed E-state index contributed by atoms with van der Waals surface area (Å²) in [6.07, 6.45) is 2.84. The highest BCUT2D eigenvalue weighted by Gasteiger charge is 2.32. The zero-order valence-corrected chi connectivity index (χ0v) is 9.72. The van der Waals surface area contributed by atoms with E-state index in [0.29, 0.717) is 5.92 Å². The summed E-state index contributed by atoms with van der Waals surface area (Å²) in [5.74, 6) is 1.21. The molecule has 1 aliphatic heterocycles. The number of hydrogen-bond donors (Lipinski definition) is 1. The molecule has 1 aliphatic rings. The van der Waals surface area contributed by atoms with Crippen LogP contribution >= 0.6 is 0 Å². The number of nitrogens with zero attached hydrogens (tertiary/aromatic N) is 1. The summed E-state index contributed by atoms with van der Waals surface area (Å²) in [4.78, 5) is 4.30. The van der Waals surface area contributed by atoms with Crippen molar-refractivity contribution in [3.8, 4) is 5.75 Å². The SMILES string of the molecule is COc1cccnc1C(N)C1OCCC1C. The summed E-state index contributed by atoms with van der Waals surface area (Å²) in [5.41, 5.74) is 6.98. The molecular formula is C12H18N2O2. The van der Waals surface area contributed by atoms with Crippen LogP contribution in [0.2, 0.25) is 0 Å². The van der Waals surface area contributed by atoms with E-state index >= 15 is 0 Å². The lowest BCUT2D eigenvalue weighted by atomic mass is 9.95. The van der Waals surface area contributed by atoms with Gasteiger partial charge in [-0.2, -0.15) is 0 Å². The van der Waals surface area contributed by atoms with Gasteiger partial charge in [-0.25, -0.2) is 0 Å². The van der Waals surface area contributed by atoms with E-state index in [4.69, 9.17) is 15.2 Å². The molecule has 0 spiro atoms. The average Bonchev–Trinajstić information content (AvgIpc) is 2.74. The third-order valence-corrected chi connectivity index (χ3v) is 3.13. The van der Waals surface area contributed by atoms with Gasteiger partial charge in [0.15, 0.2) is 0 Å². The molecule has 0 saturated carbocycles. The van der Waals surface area contributed by atoms with E-state index in [-0.39, 0.29) is 12.1 Å². The van der Waals surface area contributed by atoms with Crippen LogP contribution in [0.3, 0.4) is 0 Å². The van der Waals surface area contributed by atoms with Crippen molar-refractivity contribution in [2.45, 2.75) is 25.5 Å². The first-order chi connectivity index (χ1) is 7.74. The lowest BCUT2D eigenvalue weighted by Crippen LogP contribution is -2.30. The van der Waals surface area contributed by atoms with Crippen molar-refractivity contribution in [1.82, 2.24) is 4.98 Å². The molecule has 4 heteroatoms. The van der Waals surface area contributed by atoms with Crippen molar-refractivity contribution < 1.29 is 9.47 Å². The lowest BCUT2D eigenvalue weighted by molar-refractivity contribution is 0.0706. The van der Waals surface area contributed by atoms with Crippen LogP contribution in [0.5, 0.6) is 5.75 Å². The van der Waals surface area contributed by atoms with Crippen molar-refractivity contribution in [3.05, 3.63) is 24.0 Å². The molecule has 2 heterocycles. The van der Waals surface area contributed by atoms with E-state index in [2.05, 4.69) is 11.9 Å². The summed E-state index contributed by atoms with van der Waals surface area (Å²) in [6.45, 7) is 2.95. The van der Waals surface area contributed by atoms with E-state index in [1.807, 2.05) is 12.1 Å². The average molecular weight is 222 g/mol. The Morgan fingerprint density at radius 3 is 3.06 bits per heavy atom. The second kappa shape index (κ2) is 4.80. The molecule has 2 rings (SSSR count). The second-order valence-electron chi connectivity index (χ2n) is 4.22. The van der Waals surface area contributed by atoms with Crippen LogP contribution in [0.15, 0.2) is 18.3 Å². The first kappa shape index (κ1) is 11.4. The first-order valence-electron chi connectivity index (χ1n) is 5.60. The van der Waals surface area contributed by atoms with Gasteiger partial charge in [0.05, 0.1) is 19.3 Å². The Bertz CT molecular complexity index is 357. The van der Waals surface area contributed by atoms with Gasteiger partial charge in [0.25, 0.3) is 0 Å². The maximum absolute atomic E-state index is 6.20. The zero-order chi connectivity index (χ0) is 11.5. The van der Waals surface area contributed by atoms with E-state index in [0.717, 1.165) is 24.5 Å². The molecule has 1 aromatic rings. The molecular weight excluding hydrogens is 204 g/mol. The standard InChI is InChI=1S/C12H18N2O2/c1-8-5-7-16-12(8)10(13)11-9(15-2)4-3-6-14-11/h3-4,6,8,10,12H,5,7,13H2,1-2H3. The predicted octanol–water partition coefficient (Wildman–Crippen LogP) is 1.51. The Balaban J connectivity index is 2.22. The number of rotatable bonds is 3. The maximum atomic E-state index is 6.20. The van der Waals surface area contributed by atoms with Gasteiger partial charge in [-0.3, -0.25) is 4.98 Å². The lowest BCUT2D eigenvalue weighted by Gasteiger charge is -2.23. The van der Waals surface area contributed by atoms with Crippen molar-refractivity contribution in [3.63, 3.8) is 0 Å². The molecule has 1 fully saturated rings. The Morgan fingerprint density at radius 2 is 2.44 bits per heavy atom. The largest absolute Gasteiger partial charge is 0.495 e. The fourth-order valence-corrected chi connectivity index (χ4v) is 2.16. The fourth-order valence-electron chi connectivity index (χ4n) is 2.16. The molecule has 0 bridgehead atoms. The van der Waals surface area contributed by atoms with Crippen LogP contribution < -0.4 is 10.5 Å². The number of methoxy groups -OCH3 is 1. The Kier molecular flexibility index (Phi) is 3.41. The second-order valence-corrected chi connectivity index (χ2v) is 4.22. The van der Waals surface area contributed by atoms with E-state index in [1.165, 1.54) is 0 Å². The van der Waals surface area contributed by atoms with Gasteiger partial charge in [-0.1, -0.05) is 6.92 Å². The third kappa shape index (κ3) is 2.03. The highest BCUT2D eigenvalue weighted by Crippen LogP contribution is 2.32. The number of nitrogens with two attached hydrogens (primary N) is 1. The molecule has 0 amide bonds. The molecule has 3 unspecified atom stereocenters. The van der Waals surface area contributed by atoms with Crippen LogP contribution in [-0.2, 0) is 4.74 Å². The molecule has 16 heavy (non-hydrogen) atoms. The van der Waals surface area contributed by atoms with Crippen molar-refractivity contribution in [2.24, 2.45) is 11.7 Å². The number of pyridine rings is 1. The van der Waals surface area contributed by atoms with Crippen molar-refractivity contribution >= 4 is 0 Å². The Morgan fingerprint density at radius 1 is 1.62 bits per heavy atom. The van der Waals surface area contributed by atoms with Gasteiger partial charge in [0.1, 0.15) is 11.4 Å². The van der Waals surface area contributed by atoms with E-state index in [9.17, 15) is 0 Å². The monoisotopic (exact) mass is 222 g/mol. The first-order valence-corrected chi connectivity index (χ1v) is 5.60. The normalized spacial score (nSPS) is 26.7. The molecule has 0 aliphatic carbocycles. The van der Waals surface area contributed by atoms with Crippen molar-refractivity contribution in [1.29, 1.82) is 0 Å².